The third-order valence-corrected chi connectivity index (χ3v) is 6.78. The van der Waals surface area contributed by atoms with Crippen molar-refractivity contribution in [3.8, 4) is 0 Å². The predicted octanol–water partition coefficient (Wildman–Crippen LogP) is 4.40. The lowest BCUT2D eigenvalue weighted by atomic mass is 9.82. The highest BCUT2D eigenvalue weighted by molar-refractivity contribution is 6.30. The summed E-state index contributed by atoms with van der Waals surface area (Å²) in [5.74, 6) is -0.841. The molecule has 30 heavy (non-hydrogen) atoms. The molecular formula is C24H20ClNO4. The number of anilines is 1. The molecule has 2 aliphatic carbocycles. The summed E-state index contributed by atoms with van der Waals surface area (Å²) in [4.78, 5) is 39.6. The molecule has 0 spiro atoms. The number of carbonyl (C=O) groups is 3. The molecular weight excluding hydrogens is 402 g/mol. The van der Waals surface area contributed by atoms with Gasteiger partial charge in [-0.1, -0.05) is 35.4 Å². The zero-order chi connectivity index (χ0) is 21.0. The molecule has 0 N–H and O–H groups in total. The molecule has 152 valence electrons. The number of halogens is 1. The highest BCUT2D eigenvalue weighted by atomic mass is 35.5. The second kappa shape index (κ2) is 7.10. The van der Waals surface area contributed by atoms with Crippen LogP contribution in [0.4, 0.5) is 5.69 Å². The minimum atomic E-state index is -0.467. The van der Waals surface area contributed by atoms with Crippen LogP contribution in [0.2, 0.25) is 5.02 Å². The number of hydrogen-bond donors (Lipinski definition) is 0. The molecule has 5 rings (SSSR count). The van der Waals surface area contributed by atoms with Crippen molar-refractivity contribution in [1.82, 2.24) is 0 Å². The van der Waals surface area contributed by atoms with Gasteiger partial charge in [-0.05, 0) is 67.1 Å². The number of benzene rings is 2. The van der Waals surface area contributed by atoms with E-state index in [0.29, 0.717) is 16.3 Å². The second-order valence-electron chi connectivity index (χ2n) is 8.23. The van der Waals surface area contributed by atoms with Crippen molar-refractivity contribution in [2.45, 2.75) is 20.0 Å². The zero-order valence-electron chi connectivity index (χ0n) is 16.4. The van der Waals surface area contributed by atoms with Gasteiger partial charge in [0.2, 0.25) is 11.8 Å². The molecule has 3 aliphatic rings. The number of imide groups is 1. The van der Waals surface area contributed by atoms with E-state index in [1.54, 1.807) is 48.5 Å². The maximum absolute atomic E-state index is 13.0. The first-order chi connectivity index (χ1) is 14.4. The van der Waals surface area contributed by atoms with Gasteiger partial charge >= 0.3 is 5.97 Å². The van der Waals surface area contributed by atoms with Crippen LogP contribution < -0.4 is 4.90 Å². The molecule has 1 heterocycles. The minimum Gasteiger partial charge on any atom is -0.457 e. The van der Waals surface area contributed by atoms with Gasteiger partial charge in [-0.25, -0.2) is 4.79 Å². The standard InChI is InChI=1S/C24H20ClNO4/c1-13-10-16-11-19(13)21-20(16)22(27)26(23(21)28)18-8-4-15(5-9-18)24(29)30-12-14-2-6-17(25)7-3-14/h2-10,16,19-21H,11-12H2,1H3/t16-,19+,20-,21-/m0/s1. The van der Waals surface area contributed by atoms with Crippen LogP contribution in [0.25, 0.3) is 0 Å². The maximum Gasteiger partial charge on any atom is 0.338 e. The third-order valence-electron chi connectivity index (χ3n) is 6.53. The smallest absolute Gasteiger partial charge is 0.338 e. The van der Waals surface area contributed by atoms with Crippen LogP contribution in [0, 0.1) is 23.7 Å². The van der Waals surface area contributed by atoms with Crippen LogP contribution in [-0.4, -0.2) is 17.8 Å². The molecule has 2 aromatic carbocycles. The van der Waals surface area contributed by atoms with E-state index in [1.807, 2.05) is 6.92 Å². The number of nitrogens with zero attached hydrogens (tertiary/aromatic N) is 1. The van der Waals surface area contributed by atoms with E-state index in [9.17, 15) is 14.4 Å². The zero-order valence-corrected chi connectivity index (χ0v) is 17.1. The van der Waals surface area contributed by atoms with Crippen molar-refractivity contribution in [3.63, 3.8) is 0 Å². The Bertz CT molecular complexity index is 1070. The SMILES string of the molecule is CC1=C[C@H]2C[C@H]1[C@@H]1C(=O)N(c3ccc(C(=O)OCc4ccc(Cl)cc4)cc3)C(=O)[C@H]12. The predicted molar refractivity (Wildman–Crippen MR) is 112 cm³/mol. The van der Waals surface area contributed by atoms with E-state index < -0.39 is 5.97 Å². The third kappa shape index (κ3) is 2.96. The summed E-state index contributed by atoms with van der Waals surface area (Å²) in [6, 6.07) is 13.5. The van der Waals surface area contributed by atoms with E-state index in [-0.39, 0.29) is 42.1 Å². The number of carbonyl (C=O) groups excluding carboxylic acids is 3. The fourth-order valence-electron chi connectivity index (χ4n) is 5.09. The molecule has 0 unspecified atom stereocenters. The molecule has 5 nitrogen and oxygen atoms in total. The Labute approximate surface area is 179 Å². The summed E-state index contributed by atoms with van der Waals surface area (Å²) >= 11 is 5.85. The van der Waals surface area contributed by atoms with Crippen molar-refractivity contribution in [2.75, 3.05) is 4.90 Å². The number of hydrogen-bond acceptors (Lipinski definition) is 4. The molecule has 2 aromatic rings. The Morgan fingerprint density at radius 2 is 1.70 bits per heavy atom. The van der Waals surface area contributed by atoms with E-state index in [0.717, 1.165) is 12.0 Å². The summed E-state index contributed by atoms with van der Waals surface area (Å²) in [6.07, 6.45) is 3.06. The first kappa shape index (κ1) is 19.1. The Kier molecular flexibility index (Phi) is 4.51. The summed E-state index contributed by atoms with van der Waals surface area (Å²) in [7, 11) is 0. The van der Waals surface area contributed by atoms with Crippen LogP contribution >= 0.6 is 11.6 Å². The number of amides is 2. The fourth-order valence-corrected chi connectivity index (χ4v) is 5.21. The van der Waals surface area contributed by atoms with Gasteiger partial charge < -0.3 is 4.74 Å². The van der Waals surface area contributed by atoms with Gasteiger partial charge in [-0.15, -0.1) is 0 Å². The molecule has 0 radical (unpaired) electrons. The summed E-state index contributed by atoms with van der Waals surface area (Å²) < 4.78 is 5.33. The lowest BCUT2D eigenvalue weighted by Gasteiger charge is -2.19. The van der Waals surface area contributed by atoms with E-state index >= 15 is 0 Å². The second-order valence-corrected chi connectivity index (χ2v) is 8.67. The quantitative estimate of drug-likeness (QED) is 0.417. The highest BCUT2D eigenvalue weighted by Gasteiger charge is 2.60. The van der Waals surface area contributed by atoms with Crippen molar-refractivity contribution < 1.29 is 19.1 Å². The van der Waals surface area contributed by atoms with Crippen LogP contribution in [0.3, 0.4) is 0 Å². The molecule has 4 atom stereocenters. The van der Waals surface area contributed by atoms with Gasteiger partial charge in [0.1, 0.15) is 6.61 Å². The maximum atomic E-state index is 13.0. The largest absolute Gasteiger partial charge is 0.457 e. The Balaban J connectivity index is 1.28. The highest BCUT2D eigenvalue weighted by Crippen LogP contribution is 2.55. The average molecular weight is 422 g/mol. The summed E-state index contributed by atoms with van der Waals surface area (Å²) in [5, 5.41) is 0.620. The average Bonchev–Trinajstić information content (AvgIpc) is 3.38. The molecule has 0 aromatic heterocycles. The molecule has 2 bridgehead atoms. The first-order valence-corrected chi connectivity index (χ1v) is 10.4. The lowest BCUT2D eigenvalue weighted by Crippen LogP contribution is -2.32. The summed E-state index contributed by atoms with van der Waals surface area (Å²) in [6.45, 7) is 2.19. The van der Waals surface area contributed by atoms with Crippen molar-refractivity contribution in [1.29, 1.82) is 0 Å². The molecule has 2 amide bonds. The van der Waals surface area contributed by atoms with Crippen molar-refractivity contribution in [2.24, 2.45) is 23.7 Å². The Hall–Kier alpha value is -2.92. The van der Waals surface area contributed by atoms with Crippen molar-refractivity contribution in [3.05, 3.63) is 76.3 Å². The number of ether oxygens (including phenoxy) is 1. The van der Waals surface area contributed by atoms with E-state index in [4.69, 9.17) is 16.3 Å². The monoisotopic (exact) mass is 421 g/mol. The Morgan fingerprint density at radius 3 is 2.40 bits per heavy atom. The molecule has 1 aliphatic heterocycles. The van der Waals surface area contributed by atoms with Gasteiger partial charge in [0.15, 0.2) is 0 Å². The molecule has 6 heteroatoms. The number of allylic oxidation sites excluding steroid dienone is 2. The van der Waals surface area contributed by atoms with Gasteiger partial charge in [0, 0.05) is 5.02 Å². The van der Waals surface area contributed by atoms with Crippen LogP contribution in [0.5, 0.6) is 0 Å². The molecule has 1 saturated carbocycles. The lowest BCUT2D eigenvalue weighted by molar-refractivity contribution is -0.123. The van der Waals surface area contributed by atoms with Crippen LogP contribution in [-0.2, 0) is 20.9 Å². The number of fused-ring (bicyclic) bond motifs is 5. The van der Waals surface area contributed by atoms with Gasteiger partial charge in [-0.3, -0.25) is 14.5 Å². The topological polar surface area (TPSA) is 63.7 Å². The van der Waals surface area contributed by atoms with Gasteiger partial charge in [-0.2, -0.15) is 0 Å². The van der Waals surface area contributed by atoms with Gasteiger partial charge in [0.25, 0.3) is 0 Å². The first-order valence-electron chi connectivity index (χ1n) is 10.0. The van der Waals surface area contributed by atoms with Crippen LogP contribution in [0.15, 0.2) is 60.2 Å². The van der Waals surface area contributed by atoms with E-state index in [1.165, 1.54) is 10.5 Å². The van der Waals surface area contributed by atoms with Crippen LogP contribution in [0.1, 0.15) is 29.3 Å². The van der Waals surface area contributed by atoms with Gasteiger partial charge in [0.05, 0.1) is 23.1 Å². The molecule has 2 fully saturated rings. The number of rotatable bonds is 4. The Morgan fingerprint density at radius 1 is 1.03 bits per heavy atom. The molecule has 1 saturated heterocycles. The number of esters is 1. The summed E-state index contributed by atoms with van der Waals surface area (Å²) in [5.41, 5.74) is 2.93. The normalized spacial score (nSPS) is 26.7. The van der Waals surface area contributed by atoms with Crippen molar-refractivity contribution >= 4 is 35.1 Å². The minimum absolute atomic E-state index is 0.122. The van der Waals surface area contributed by atoms with E-state index in [2.05, 4.69) is 6.08 Å². The fraction of sp³-hybridized carbons (Fsp3) is 0.292.